The van der Waals surface area contributed by atoms with Crippen molar-refractivity contribution in [2.75, 3.05) is 11.9 Å². The largest absolute Gasteiger partial charge is 0.325 e. The molecule has 31 heavy (non-hydrogen) atoms. The Labute approximate surface area is 179 Å². The first-order chi connectivity index (χ1) is 14.7. The van der Waals surface area contributed by atoms with Gasteiger partial charge in [-0.25, -0.2) is 4.79 Å². The van der Waals surface area contributed by atoms with E-state index in [1.54, 1.807) is 0 Å². The first kappa shape index (κ1) is 21.9. The second-order valence-corrected chi connectivity index (χ2v) is 7.46. The third-order valence-corrected chi connectivity index (χ3v) is 5.47. The van der Waals surface area contributed by atoms with E-state index in [0.29, 0.717) is 5.69 Å². The maximum Gasteiger partial charge on any atom is 0.325 e. The van der Waals surface area contributed by atoms with Gasteiger partial charge in [-0.2, -0.15) is 0 Å². The first-order valence-corrected chi connectivity index (χ1v) is 10.0. The lowest BCUT2D eigenvalue weighted by Crippen LogP contribution is -2.42. The predicted molar refractivity (Wildman–Crippen MR) is 115 cm³/mol. The number of nitrogens with zero attached hydrogens (tertiary/aromatic N) is 2. The van der Waals surface area contributed by atoms with Crippen molar-refractivity contribution in [3.63, 3.8) is 0 Å². The quantitative estimate of drug-likeness (QED) is 0.402. The Hall–Kier alpha value is -3.75. The van der Waals surface area contributed by atoms with E-state index in [2.05, 4.69) is 10.6 Å². The summed E-state index contributed by atoms with van der Waals surface area (Å²) in [6.45, 7) is 4.96. The zero-order valence-corrected chi connectivity index (χ0v) is 17.6. The molecule has 0 saturated carbocycles. The second kappa shape index (κ2) is 8.55. The zero-order chi connectivity index (χ0) is 22.8. The van der Waals surface area contributed by atoms with Crippen LogP contribution in [-0.4, -0.2) is 34.2 Å². The Kier molecular flexibility index (Phi) is 6.05. The van der Waals surface area contributed by atoms with Crippen LogP contribution in [0.5, 0.6) is 0 Å². The number of non-ortho nitro benzene ring substituents is 1. The topological polar surface area (TPSA) is 122 Å². The lowest BCUT2D eigenvalue weighted by molar-refractivity contribution is -0.385. The number of amides is 4. The fourth-order valence-corrected chi connectivity index (χ4v) is 3.69. The Morgan fingerprint density at radius 3 is 2.32 bits per heavy atom. The minimum absolute atomic E-state index is 0.194. The molecule has 0 radical (unpaired) electrons. The number of nitrogens with one attached hydrogen (secondary N) is 2. The highest BCUT2D eigenvalue weighted by Crippen LogP contribution is 2.31. The number of carbonyl (C=O) groups is 3. The number of para-hydroxylation sites is 1. The van der Waals surface area contributed by atoms with Gasteiger partial charge in [-0.15, -0.1) is 0 Å². The molecule has 0 bridgehead atoms. The molecular weight excluding hydrogens is 400 g/mol. The molecule has 0 spiro atoms. The monoisotopic (exact) mass is 424 g/mol. The molecule has 162 valence electrons. The van der Waals surface area contributed by atoms with Crippen molar-refractivity contribution < 1.29 is 19.3 Å². The van der Waals surface area contributed by atoms with E-state index in [9.17, 15) is 24.5 Å². The number of carbonyl (C=O) groups excluding carboxylic acids is 3. The van der Waals surface area contributed by atoms with E-state index < -0.39 is 34.9 Å². The van der Waals surface area contributed by atoms with Crippen molar-refractivity contribution in [2.45, 2.75) is 39.2 Å². The van der Waals surface area contributed by atoms with Crippen molar-refractivity contribution in [3.05, 3.63) is 69.3 Å². The molecule has 1 aliphatic rings. The van der Waals surface area contributed by atoms with Gasteiger partial charge in [0.15, 0.2) is 0 Å². The van der Waals surface area contributed by atoms with E-state index in [4.69, 9.17) is 0 Å². The standard InChI is InChI=1S/C22H24N4O5/c1-4-14-8-6-9-15(5-2)19(14)23-18(27)13-25-20(28)22(3,24-21(25)29)16-10-7-11-17(12-16)26(30)31/h6-12H,4-5,13H2,1-3H3,(H,23,27)(H,24,29). The van der Waals surface area contributed by atoms with E-state index in [0.717, 1.165) is 28.9 Å². The smallest absolute Gasteiger partial charge is 0.324 e. The Morgan fingerprint density at radius 2 is 1.74 bits per heavy atom. The summed E-state index contributed by atoms with van der Waals surface area (Å²) in [5.74, 6) is -1.14. The van der Waals surface area contributed by atoms with Crippen LogP contribution in [0.3, 0.4) is 0 Å². The minimum Gasteiger partial charge on any atom is -0.324 e. The number of nitro groups is 1. The molecule has 2 aromatic rings. The molecule has 9 heteroatoms. The van der Waals surface area contributed by atoms with Crippen molar-refractivity contribution in [1.82, 2.24) is 10.2 Å². The van der Waals surface area contributed by atoms with Gasteiger partial charge in [0.05, 0.1) is 4.92 Å². The first-order valence-electron chi connectivity index (χ1n) is 10.0. The van der Waals surface area contributed by atoms with Gasteiger partial charge in [0.2, 0.25) is 5.91 Å². The summed E-state index contributed by atoms with van der Waals surface area (Å²) in [6, 6.07) is 10.6. The van der Waals surface area contributed by atoms with Crippen molar-refractivity contribution >= 4 is 29.2 Å². The van der Waals surface area contributed by atoms with Crippen molar-refractivity contribution in [3.8, 4) is 0 Å². The molecule has 2 aromatic carbocycles. The number of urea groups is 1. The van der Waals surface area contributed by atoms with E-state index in [1.165, 1.54) is 31.2 Å². The molecule has 9 nitrogen and oxygen atoms in total. The van der Waals surface area contributed by atoms with Gasteiger partial charge in [-0.3, -0.25) is 24.6 Å². The third kappa shape index (κ3) is 4.11. The third-order valence-electron chi connectivity index (χ3n) is 5.47. The molecule has 3 rings (SSSR count). The molecule has 1 unspecified atom stereocenters. The van der Waals surface area contributed by atoms with Gasteiger partial charge in [-0.1, -0.05) is 44.2 Å². The zero-order valence-electron chi connectivity index (χ0n) is 17.6. The molecule has 1 fully saturated rings. The summed E-state index contributed by atoms with van der Waals surface area (Å²) in [4.78, 5) is 49.6. The number of hydrogen-bond donors (Lipinski definition) is 2. The lowest BCUT2D eigenvalue weighted by Gasteiger charge is -2.22. The van der Waals surface area contributed by atoms with Crippen LogP contribution in [0.4, 0.5) is 16.2 Å². The van der Waals surface area contributed by atoms with Crippen molar-refractivity contribution in [2.24, 2.45) is 0 Å². The predicted octanol–water partition coefficient (Wildman–Crippen LogP) is 3.13. The Bertz CT molecular complexity index is 1050. The number of anilines is 1. The number of aryl methyl sites for hydroxylation is 2. The molecule has 1 aliphatic heterocycles. The van der Waals surface area contributed by atoms with Crippen LogP contribution in [0.1, 0.15) is 37.5 Å². The molecule has 1 saturated heterocycles. The van der Waals surface area contributed by atoms with Crippen LogP contribution in [0, 0.1) is 10.1 Å². The highest BCUT2D eigenvalue weighted by atomic mass is 16.6. The fourth-order valence-electron chi connectivity index (χ4n) is 3.69. The fraction of sp³-hybridized carbons (Fsp3) is 0.318. The van der Waals surface area contributed by atoms with Gasteiger partial charge in [-0.05, 0) is 36.5 Å². The highest BCUT2D eigenvalue weighted by molar-refractivity contribution is 6.10. The maximum atomic E-state index is 13.0. The van der Waals surface area contributed by atoms with Crippen LogP contribution in [-0.2, 0) is 28.0 Å². The summed E-state index contributed by atoms with van der Waals surface area (Å²) in [5, 5.41) is 16.5. The van der Waals surface area contributed by atoms with Crippen LogP contribution >= 0.6 is 0 Å². The minimum atomic E-state index is -1.50. The molecule has 1 heterocycles. The summed E-state index contributed by atoms with van der Waals surface area (Å²) < 4.78 is 0. The summed E-state index contributed by atoms with van der Waals surface area (Å²) in [5.41, 5.74) is 1.20. The van der Waals surface area contributed by atoms with E-state index in [-0.39, 0.29) is 11.3 Å². The number of imide groups is 1. The van der Waals surface area contributed by atoms with Gasteiger partial charge in [0.25, 0.3) is 11.6 Å². The second-order valence-electron chi connectivity index (χ2n) is 7.46. The average Bonchev–Trinajstić information content (AvgIpc) is 2.97. The molecule has 4 amide bonds. The highest BCUT2D eigenvalue weighted by Gasteiger charge is 2.49. The molecule has 2 N–H and O–H groups in total. The Morgan fingerprint density at radius 1 is 1.13 bits per heavy atom. The van der Waals surface area contributed by atoms with Gasteiger partial charge < -0.3 is 10.6 Å². The summed E-state index contributed by atoms with van der Waals surface area (Å²) >= 11 is 0. The number of rotatable bonds is 7. The van der Waals surface area contributed by atoms with Gasteiger partial charge >= 0.3 is 6.03 Å². The number of hydrogen-bond acceptors (Lipinski definition) is 5. The van der Waals surface area contributed by atoms with Crippen LogP contribution in [0.15, 0.2) is 42.5 Å². The normalized spacial score (nSPS) is 18.1. The van der Waals surface area contributed by atoms with Crippen LogP contribution < -0.4 is 10.6 Å². The van der Waals surface area contributed by atoms with Crippen LogP contribution in [0.25, 0.3) is 0 Å². The number of benzene rings is 2. The van der Waals surface area contributed by atoms with Crippen molar-refractivity contribution in [1.29, 1.82) is 0 Å². The molecule has 1 atom stereocenters. The van der Waals surface area contributed by atoms with Crippen LogP contribution in [0.2, 0.25) is 0 Å². The molecule has 0 aromatic heterocycles. The SMILES string of the molecule is CCc1cccc(CC)c1NC(=O)CN1C(=O)NC(C)(c2cccc([N+](=O)[O-])c2)C1=O. The lowest BCUT2D eigenvalue weighted by atomic mass is 9.91. The Balaban J connectivity index is 1.82. The van der Waals surface area contributed by atoms with E-state index >= 15 is 0 Å². The maximum absolute atomic E-state index is 13.0. The van der Waals surface area contributed by atoms with E-state index in [1.807, 2.05) is 32.0 Å². The number of nitro benzene ring substituents is 1. The molecular formula is C22H24N4O5. The summed E-state index contributed by atoms with van der Waals surface area (Å²) in [6.07, 6.45) is 1.44. The van der Waals surface area contributed by atoms with Gasteiger partial charge in [0.1, 0.15) is 12.1 Å². The summed E-state index contributed by atoms with van der Waals surface area (Å²) in [7, 11) is 0. The molecule has 0 aliphatic carbocycles. The van der Waals surface area contributed by atoms with Gasteiger partial charge in [0, 0.05) is 17.8 Å². The average molecular weight is 424 g/mol.